The first-order valence-corrected chi connectivity index (χ1v) is 10.3. The molecule has 1 N–H and O–H groups in total. The van der Waals surface area contributed by atoms with Gasteiger partial charge in [0.15, 0.2) is 11.4 Å². The molecule has 0 bridgehead atoms. The number of fused-ring (bicyclic) bond motifs is 7. The normalized spacial score (nSPS) is 59.2. The molecular weight excluding hydrogens is 312 g/mol. The van der Waals surface area contributed by atoms with Gasteiger partial charge in [-0.3, -0.25) is 4.79 Å². The predicted octanol–water partition coefficient (Wildman–Crippen LogP) is 4.04. The summed E-state index contributed by atoms with van der Waals surface area (Å²) in [7, 11) is 0. The van der Waals surface area contributed by atoms with Crippen LogP contribution in [0.4, 0.5) is 0 Å². The van der Waals surface area contributed by atoms with Crippen molar-refractivity contribution in [2.24, 2.45) is 28.6 Å². The highest BCUT2D eigenvalue weighted by Crippen LogP contribution is 2.77. The van der Waals surface area contributed by atoms with Crippen LogP contribution in [0.2, 0.25) is 0 Å². The standard InChI is InChI=1S/C22H32O3/c1-13(23)22-20(3)10-8-17-16(18(20)12-21(22,4)25-22)6-5-14-11-15(24)7-9-19(14,17)2/h5,15-18,24H,6-12H2,1-4H3/t15-,16-,17+,18-,19+,20+,21-,22+/m1/s1. The molecule has 138 valence electrons. The van der Waals surface area contributed by atoms with Gasteiger partial charge in [-0.2, -0.15) is 0 Å². The molecule has 1 saturated heterocycles. The molecule has 0 spiro atoms. The molecule has 3 heteroatoms. The van der Waals surface area contributed by atoms with Gasteiger partial charge >= 0.3 is 0 Å². The average molecular weight is 344 g/mol. The number of aliphatic hydroxyl groups excluding tert-OH is 1. The van der Waals surface area contributed by atoms with Gasteiger partial charge in [-0.1, -0.05) is 25.5 Å². The number of Topliss-reactive ketones (excluding diaryl/α,β-unsaturated/α-hetero) is 1. The summed E-state index contributed by atoms with van der Waals surface area (Å²) in [6, 6.07) is 0. The molecule has 0 radical (unpaired) electrons. The SMILES string of the molecule is CC(=O)[C@@]12O[C@]1(C)C[C@@H]1[C@@H]3CC=C4C[C@H](O)CC[C@]4(C)[C@H]3CC[C@@]12C. The second-order valence-electron chi connectivity index (χ2n) is 10.4. The monoisotopic (exact) mass is 344 g/mol. The minimum absolute atomic E-state index is 0.00460. The lowest BCUT2D eigenvalue weighted by Crippen LogP contribution is -2.54. The number of allylic oxidation sites excluding steroid dienone is 1. The highest BCUT2D eigenvalue weighted by Gasteiger charge is 2.85. The van der Waals surface area contributed by atoms with Crippen LogP contribution in [-0.2, 0) is 9.53 Å². The highest BCUT2D eigenvalue weighted by atomic mass is 16.6. The predicted molar refractivity (Wildman–Crippen MR) is 96.0 cm³/mol. The highest BCUT2D eigenvalue weighted by molar-refractivity contribution is 5.91. The number of epoxide rings is 1. The molecule has 5 rings (SSSR count). The summed E-state index contributed by atoms with van der Waals surface area (Å²) >= 11 is 0. The molecule has 0 aromatic heterocycles. The van der Waals surface area contributed by atoms with Gasteiger partial charge in [-0.25, -0.2) is 0 Å². The van der Waals surface area contributed by atoms with Crippen LogP contribution in [0, 0.1) is 28.6 Å². The first-order valence-electron chi connectivity index (χ1n) is 10.3. The van der Waals surface area contributed by atoms with E-state index >= 15 is 0 Å². The number of ether oxygens (including phenoxy) is 1. The average Bonchev–Trinajstić information content (AvgIpc) is 3.13. The Hall–Kier alpha value is -0.670. The minimum atomic E-state index is -0.511. The maximum absolute atomic E-state index is 12.6. The molecule has 0 aromatic carbocycles. The van der Waals surface area contributed by atoms with E-state index in [4.69, 9.17) is 4.74 Å². The number of carbonyl (C=O) groups excluding carboxylic acids is 1. The van der Waals surface area contributed by atoms with Gasteiger partial charge in [0, 0.05) is 5.41 Å². The third-order valence-electron chi connectivity index (χ3n) is 9.46. The number of rotatable bonds is 1. The topological polar surface area (TPSA) is 49.8 Å². The van der Waals surface area contributed by atoms with Crippen molar-refractivity contribution in [1.29, 1.82) is 0 Å². The van der Waals surface area contributed by atoms with Gasteiger partial charge in [0.1, 0.15) is 5.60 Å². The first-order chi connectivity index (χ1) is 11.7. The summed E-state index contributed by atoms with van der Waals surface area (Å²) in [4.78, 5) is 12.6. The summed E-state index contributed by atoms with van der Waals surface area (Å²) in [5.74, 6) is 2.23. The Morgan fingerprint density at radius 3 is 2.68 bits per heavy atom. The van der Waals surface area contributed by atoms with Gasteiger partial charge in [0.25, 0.3) is 0 Å². The third-order valence-corrected chi connectivity index (χ3v) is 9.46. The van der Waals surface area contributed by atoms with E-state index in [1.54, 1.807) is 6.92 Å². The van der Waals surface area contributed by atoms with E-state index in [2.05, 4.69) is 26.8 Å². The summed E-state index contributed by atoms with van der Waals surface area (Å²) in [5.41, 5.74) is 1.05. The molecule has 4 fully saturated rings. The molecule has 8 atom stereocenters. The Balaban J connectivity index is 1.53. The zero-order valence-corrected chi connectivity index (χ0v) is 16.1. The van der Waals surface area contributed by atoms with Crippen LogP contribution in [0.25, 0.3) is 0 Å². The first kappa shape index (κ1) is 16.5. The maximum atomic E-state index is 12.6. The van der Waals surface area contributed by atoms with Crippen molar-refractivity contribution < 1.29 is 14.6 Å². The lowest BCUT2D eigenvalue weighted by molar-refractivity contribution is -0.135. The zero-order chi connectivity index (χ0) is 17.8. The number of hydrogen-bond acceptors (Lipinski definition) is 3. The molecule has 1 heterocycles. The minimum Gasteiger partial charge on any atom is -0.393 e. The molecule has 25 heavy (non-hydrogen) atoms. The second kappa shape index (κ2) is 4.59. The lowest BCUT2D eigenvalue weighted by atomic mass is 9.47. The zero-order valence-electron chi connectivity index (χ0n) is 16.1. The summed E-state index contributed by atoms with van der Waals surface area (Å²) in [6.07, 6.45) is 9.75. The van der Waals surface area contributed by atoms with Crippen molar-refractivity contribution in [3.63, 3.8) is 0 Å². The van der Waals surface area contributed by atoms with Crippen LogP contribution in [-0.4, -0.2) is 28.2 Å². The Morgan fingerprint density at radius 2 is 1.96 bits per heavy atom. The fraction of sp³-hybridized carbons (Fsp3) is 0.864. The maximum Gasteiger partial charge on any atom is 0.165 e. The van der Waals surface area contributed by atoms with Crippen molar-refractivity contribution in [2.75, 3.05) is 0 Å². The number of aliphatic hydroxyl groups is 1. The second-order valence-corrected chi connectivity index (χ2v) is 10.4. The molecule has 1 aliphatic heterocycles. The van der Waals surface area contributed by atoms with Crippen molar-refractivity contribution >= 4 is 5.78 Å². The lowest BCUT2D eigenvalue weighted by Gasteiger charge is -2.58. The van der Waals surface area contributed by atoms with E-state index in [1.165, 1.54) is 12.0 Å². The van der Waals surface area contributed by atoms with E-state index in [0.717, 1.165) is 38.5 Å². The molecule has 0 amide bonds. The quantitative estimate of drug-likeness (QED) is 0.577. The summed E-state index contributed by atoms with van der Waals surface area (Å²) < 4.78 is 6.19. The van der Waals surface area contributed by atoms with Gasteiger partial charge in [-0.15, -0.1) is 0 Å². The van der Waals surface area contributed by atoms with Crippen molar-refractivity contribution in [3.8, 4) is 0 Å². The van der Waals surface area contributed by atoms with Gasteiger partial charge < -0.3 is 9.84 Å². The van der Waals surface area contributed by atoms with Crippen LogP contribution in [0.15, 0.2) is 11.6 Å². The Kier molecular flexibility index (Phi) is 3.03. The molecule has 5 aliphatic rings. The molecule has 0 aromatic rings. The Labute approximate surface area is 151 Å². The van der Waals surface area contributed by atoms with E-state index in [-0.39, 0.29) is 28.3 Å². The molecule has 3 nitrogen and oxygen atoms in total. The summed E-state index contributed by atoms with van der Waals surface area (Å²) in [6.45, 7) is 8.72. The Morgan fingerprint density at radius 1 is 1.20 bits per heavy atom. The van der Waals surface area contributed by atoms with E-state index < -0.39 is 5.60 Å². The smallest absolute Gasteiger partial charge is 0.165 e. The molecular formula is C22H32O3. The van der Waals surface area contributed by atoms with Crippen LogP contribution >= 0.6 is 0 Å². The van der Waals surface area contributed by atoms with Gasteiger partial charge in [-0.05, 0) is 82.0 Å². The van der Waals surface area contributed by atoms with Gasteiger partial charge in [0.2, 0.25) is 0 Å². The fourth-order valence-electron chi connectivity index (χ4n) is 8.26. The van der Waals surface area contributed by atoms with Crippen LogP contribution < -0.4 is 0 Å². The van der Waals surface area contributed by atoms with Crippen molar-refractivity contribution in [2.45, 2.75) is 89.9 Å². The van der Waals surface area contributed by atoms with Crippen LogP contribution in [0.3, 0.4) is 0 Å². The van der Waals surface area contributed by atoms with E-state index in [0.29, 0.717) is 17.8 Å². The van der Waals surface area contributed by atoms with Crippen molar-refractivity contribution in [1.82, 2.24) is 0 Å². The van der Waals surface area contributed by atoms with E-state index in [9.17, 15) is 9.90 Å². The number of carbonyl (C=O) groups is 1. The number of hydrogen-bond donors (Lipinski definition) is 1. The molecule has 4 aliphatic carbocycles. The van der Waals surface area contributed by atoms with Crippen LogP contribution in [0.1, 0.15) is 72.6 Å². The number of ketones is 1. The third kappa shape index (κ3) is 1.69. The van der Waals surface area contributed by atoms with E-state index in [1.807, 2.05) is 0 Å². The van der Waals surface area contributed by atoms with Gasteiger partial charge in [0.05, 0.1) is 6.10 Å². The Bertz CT molecular complexity index is 683. The largest absolute Gasteiger partial charge is 0.393 e. The molecule has 0 unspecified atom stereocenters. The van der Waals surface area contributed by atoms with Crippen molar-refractivity contribution in [3.05, 3.63) is 11.6 Å². The molecule has 3 saturated carbocycles. The summed E-state index contributed by atoms with van der Waals surface area (Å²) in [5, 5.41) is 10.1. The fourth-order valence-corrected chi connectivity index (χ4v) is 8.26. The van der Waals surface area contributed by atoms with Crippen LogP contribution in [0.5, 0.6) is 0 Å².